The highest BCUT2D eigenvalue weighted by Crippen LogP contribution is 2.15. The van der Waals surface area contributed by atoms with Crippen LogP contribution in [0.3, 0.4) is 0 Å². The van der Waals surface area contributed by atoms with Crippen LogP contribution < -0.4 is 5.32 Å². The molecule has 1 aliphatic rings. The van der Waals surface area contributed by atoms with Crippen molar-refractivity contribution in [1.82, 2.24) is 10.2 Å². The molecule has 5 nitrogen and oxygen atoms in total. The number of rotatable bonds is 6. The molecule has 142 valence electrons. The van der Waals surface area contributed by atoms with Crippen LogP contribution in [0.4, 0.5) is 0 Å². The van der Waals surface area contributed by atoms with E-state index in [0.29, 0.717) is 24.9 Å². The van der Waals surface area contributed by atoms with E-state index in [1.807, 2.05) is 36.4 Å². The van der Waals surface area contributed by atoms with E-state index in [2.05, 4.69) is 17.4 Å². The minimum absolute atomic E-state index is 0.0674. The van der Waals surface area contributed by atoms with Gasteiger partial charge in [-0.25, -0.2) is 0 Å². The number of nitrogens with zero attached hydrogens (tertiary/aromatic N) is 1. The first-order chi connectivity index (χ1) is 13.1. The van der Waals surface area contributed by atoms with E-state index in [-0.39, 0.29) is 24.4 Å². The standard InChI is InChI=1S/C22H26N2O3/c25-20-16-24(21(26)13-7-10-17-8-3-1-4-9-17)15-14-19(20)23-22(27)18-11-5-2-6-12-18/h1-6,8-9,11-12,19-20,25H,7,10,13-16H2,(H,23,27)/t19-,20-/m1/s1. The quantitative estimate of drug-likeness (QED) is 0.825. The van der Waals surface area contributed by atoms with Crippen molar-refractivity contribution in [2.45, 2.75) is 37.8 Å². The van der Waals surface area contributed by atoms with Gasteiger partial charge in [0.15, 0.2) is 0 Å². The van der Waals surface area contributed by atoms with E-state index in [0.717, 1.165) is 12.8 Å². The third kappa shape index (κ3) is 5.41. The fourth-order valence-corrected chi connectivity index (χ4v) is 3.41. The Balaban J connectivity index is 1.43. The summed E-state index contributed by atoms with van der Waals surface area (Å²) in [4.78, 5) is 26.4. The number of benzene rings is 2. The number of piperidine rings is 1. The lowest BCUT2D eigenvalue weighted by molar-refractivity contribution is -0.134. The average molecular weight is 366 g/mol. The summed E-state index contributed by atoms with van der Waals surface area (Å²) in [5, 5.41) is 13.3. The van der Waals surface area contributed by atoms with Gasteiger partial charge in [-0.05, 0) is 37.0 Å². The number of carbonyl (C=O) groups is 2. The third-order valence-corrected chi connectivity index (χ3v) is 4.99. The van der Waals surface area contributed by atoms with Crippen molar-refractivity contribution in [2.24, 2.45) is 0 Å². The number of hydrogen-bond donors (Lipinski definition) is 2. The molecule has 1 heterocycles. The van der Waals surface area contributed by atoms with Gasteiger partial charge < -0.3 is 15.3 Å². The molecule has 0 unspecified atom stereocenters. The van der Waals surface area contributed by atoms with Gasteiger partial charge in [-0.1, -0.05) is 48.5 Å². The van der Waals surface area contributed by atoms with Gasteiger partial charge in [0.25, 0.3) is 5.91 Å². The minimum atomic E-state index is -0.746. The van der Waals surface area contributed by atoms with Crippen LogP contribution in [0, 0.1) is 0 Å². The van der Waals surface area contributed by atoms with Crippen molar-refractivity contribution in [1.29, 1.82) is 0 Å². The zero-order chi connectivity index (χ0) is 19.1. The lowest BCUT2D eigenvalue weighted by Crippen LogP contribution is -2.55. The molecule has 0 spiro atoms. The molecule has 2 amide bonds. The van der Waals surface area contributed by atoms with Crippen LogP contribution >= 0.6 is 0 Å². The number of amides is 2. The summed E-state index contributed by atoms with van der Waals surface area (Å²) in [7, 11) is 0. The molecule has 0 saturated carbocycles. The predicted molar refractivity (Wildman–Crippen MR) is 104 cm³/mol. The third-order valence-electron chi connectivity index (χ3n) is 4.99. The molecule has 1 fully saturated rings. The summed E-state index contributed by atoms with van der Waals surface area (Å²) in [5.74, 6) is -0.125. The first kappa shape index (κ1) is 19.1. The lowest BCUT2D eigenvalue weighted by atomic mass is 10.00. The highest BCUT2D eigenvalue weighted by Gasteiger charge is 2.31. The number of aliphatic hydroxyl groups is 1. The van der Waals surface area contributed by atoms with Gasteiger partial charge in [0.1, 0.15) is 0 Å². The van der Waals surface area contributed by atoms with Gasteiger partial charge in [-0.3, -0.25) is 9.59 Å². The maximum Gasteiger partial charge on any atom is 0.251 e. The van der Waals surface area contributed by atoms with Crippen molar-refractivity contribution in [2.75, 3.05) is 13.1 Å². The van der Waals surface area contributed by atoms with Crippen LogP contribution in [-0.2, 0) is 11.2 Å². The van der Waals surface area contributed by atoms with E-state index in [4.69, 9.17) is 0 Å². The topological polar surface area (TPSA) is 69.6 Å². The van der Waals surface area contributed by atoms with Gasteiger partial charge in [-0.15, -0.1) is 0 Å². The van der Waals surface area contributed by atoms with Gasteiger partial charge >= 0.3 is 0 Å². The molecule has 2 N–H and O–H groups in total. The highest BCUT2D eigenvalue weighted by atomic mass is 16.3. The van der Waals surface area contributed by atoms with Crippen LogP contribution in [0.15, 0.2) is 60.7 Å². The second-order valence-electron chi connectivity index (χ2n) is 6.98. The SMILES string of the molecule is O=C(N[C@@H]1CCN(C(=O)CCCc2ccccc2)C[C@H]1O)c1ccccc1. The largest absolute Gasteiger partial charge is 0.389 e. The Hall–Kier alpha value is -2.66. The van der Waals surface area contributed by atoms with E-state index in [1.54, 1.807) is 17.0 Å². The van der Waals surface area contributed by atoms with Crippen LogP contribution in [-0.4, -0.2) is 47.1 Å². The maximum atomic E-state index is 12.4. The molecular weight excluding hydrogens is 340 g/mol. The molecule has 2 atom stereocenters. The molecule has 2 aromatic rings. The van der Waals surface area contributed by atoms with Crippen LogP contribution in [0.1, 0.15) is 35.2 Å². The van der Waals surface area contributed by atoms with Crippen molar-refractivity contribution >= 4 is 11.8 Å². The Morgan fingerprint density at radius 3 is 2.37 bits per heavy atom. The van der Waals surface area contributed by atoms with E-state index in [9.17, 15) is 14.7 Å². The zero-order valence-electron chi connectivity index (χ0n) is 15.4. The van der Waals surface area contributed by atoms with Crippen molar-refractivity contribution in [3.05, 3.63) is 71.8 Å². The Bertz CT molecular complexity index is 749. The van der Waals surface area contributed by atoms with Crippen molar-refractivity contribution in [3.8, 4) is 0 Å². The van der Waals surface area contributed by atoms with Crippen molar-refractivity contribution < 1.29 is 14.7 Å². The second kappa shape index (κ2) is 9.33. The van der Waals surface area contributed by atoms with Crippen LogP contribution in [0.2, 0.25) is 0 Å². The molecule has 5 heteroatoms. The summed E-state index contributed by atoms with van der Waals surface area (Å²) >= 11 is 0. The van der Waals surface area contributed by atoms with Gasteiger partial charge in [0, 0.05) is 25.1 Å². The number of aliphatic hydroxyl groups excluding tert-OH is 1. The Morgan fingerprint density at radius 2 is 1.70 bits per heavy atom. The molecule has 1 aliphatic heterocycles. The number of nitrogens with one attached hydrogen (secondary N) is 1. The molecule has 3 rings (SSSR count). The Morgan fingerprint density at radius 1 is 1.04 bits per heavy atom. The number of likely N-dealkylation sites (tertiary alicyclic amines) is 1. The lowest BCUT2D eigenvalue weighted by Gasteiger charge is -2.36. The number of carbonyl (C=O) groups excluding carboxylic acids is 2. The van der Waals surface area contributed by atoms with E-state index < -0.39 is 6.10 Å². The summed E-state index contributed by atoms with van der Waals surface area (Å²) in [6, 6.07) is 18.7. The minimum Gasteiger partial charge on any atom is -0.389 e. The van der Waals surface area contributed by atoms with Gasteiger partial charge in [0.2, 0.25) is 5.91 Å². The van der Waals surface area contributed by atoms with Crippen LogP contribution in [0.25, 0.3) is 0 Å². The van der Waals surface area contributed by atoms with Gasteiger partial charge in [-0.2, -0.15) is 0 Å². The number of β-amino-alcohol motifs (C(OH)–C–C–N with tert-alkyl or cyclic N) is 1. The molecule has 0 radical (unpaired) electrons. The number of hydrogen-bond acceptors (Lipinski definition) is 3. The first-order valence-corrected chi connectivity index (χ1v) is 9.49. The monoisotopic (exact) mass is 366 g/mol. The fourth-order valence-electron chi connectivity index (χ4n) is 3.41. The van der Waals surface area contributed by atoms with Crippen LogP contribution in [0.5, 0.6) is 0 Å². The molecule has 0 bridgehead atoms. The smallest absolute Gasteiger partial charge is 0.251 e. The first-order valence-electron chi connectivity index (χ1n) is 9.49. The Labute approximate surface area is 160 Å². The highest BCUT2D eigenvalue weighted by molar-refractivity contribution is 5.94. The molecule has 2 aromatic carbocycles. The normalized spacial score (nSPS) is 19.5. The number of aryl methyl sites for hydroxylation is 1. The summed E-state index contributed by atoms with van der Waals surface area (Å²) in [6.45, 7) is 0.824. The summed E-state index contributed by atoms with van der Waals surface area (Å²) in [5.41, 5.74) is 1.80. The molecule has 0 aromatic heterocycles. The summed E-state index contributed by atoms with van der Waals surface area (Å²) < 4.78 is 0. The zero-order valence-corrected chi connectivity index (χ0v) is 15.4. The molecule has 27 heavy (non-hydrogen) atoms. The van der Waals surface area contributed by atoms with Crippen molar-refractivity contribution in [3.63, 3.8) is 0 Å². The second-order valence-corrected chi connectivity index (χ2v) is 6.98. The molecule has 0 aliphatic carbocycles. The predicted octanol–water partition coefficient (Wildman–Crippen LogP) is 2.40. The van der Waals surface area contributed by atoms with Gasteiger partial charge in [0.05, 0.1) is 12.1 Å². The maximum absolute atomic E-state index is 12.4. The van der Waals surface area contributed by atoms with E-state index >= 15 is 0 Å². The summed E-state index contributed by atoms with van der Waals surface area (Å²) in [6.07, 6.45) is 1.96. The average Bonchev–Trinajstić information content (AvgIpc) is 2.71. The molecular formula is C22H26N2O3. The molecule has 1 saturated heterocycles. The Kier molecular flexibility index (Phi) is 6.60. The van der Waals surface area contributed by atoms with E-state index in [1.165, 1.54) is 5.56 Å². The fraction of sp³-hybridized carbons (Fsp3) is 0.364.